The molecule has 0 N–H and O–H groups in total. The Labute approximate surface area is 134 Å². The smallest absolute Gasteiger partial charge is 0.0476 e. The van der Waals surface area contributed by atoms with E-state index in [1.165, 1.54) is 5.57 Å². The van der Waals surface area contributed by atoms with Crippen LogP contribution in [-0.4, -0.2) is 5.97 Å². The monoisotopic (exact) mass is 301 g/mol. The van der Waals surface area contributed by atoms with Crippen molar-refractivity contribution in [1.82, 2.24) is 0 Å². The summed E-state index contributed by atoms with van der Waals surface area (Å²) in [6.45, 7) is 8.80. The minimum atomic E-state index is -0.829. The molecule has 0 saturated heterocycles. The molecule has 2 fully saturated rings. The van der Waals surface area contributed by atoms with Crippen LogP contribution >= 0.6 is 0 Å². The number of carboxylic acids is 1. The zero-order chi connectivity index (χ0) is 16.1. The lowest BCUT2D eigenvalue weighted by Gasteiger charge is -2.59. The quantitative estimate of drug-likeness (QED) is 0.776. The van der Waals surface area contributed by atoms with Crippen molar-refractivity contribution in [2.75, 3.05) is 0 Å². The molecule has 0 heterocycles. The highest BCUT2D eigenvalue weighted by atomic mass is 16.4. The summed E-state index contributed by atoms with van der Waals surface area (Å²) in [7, 11) is 0. The number of rotatable bonds is 2. The molecule has 3 rings (SSSR count). The molecule has 0 unspecified atom stereocenters. The first-order valence-electron chi connectivity index (χ1n) is 8.91. The molecule has 2 heteroatoms. The summed E-state index contributed by atoms with van der Waals surface area (Å²) in [5.74, 6) is 0.548. The largest absolute Gasteiger partial charge is 0.550 e. The van der Waals surface area contributed by atoms with Crippen molar-refractivity contribution >= 4 is 5.97 Å². The average Bonchev–Trinajstić information content (AvgIpc) is 2.46. The van der Waals surface area contributed by atoms with E-state index in [9.17, 15) is 9.90 Å². The Bertz CT molecular complexity index is 542. The molecule has 0 radical (unpaired) electrons. The Morgan fingerprint density at radius 2 is 2.05 bits per heavy atom. The van der Waals surface area contributed by atoms with Gasteiger partial charge in [0.05, 0.1) is 0 Å². The third-order valence-electron chi connectivity index (χ3n) is 7.02. The minimum absolute atomic E-state index is 0.121. The van der Waals surface area contributed by atoms with Gasteiger partial charge in [0.25, 0.3) is 0 Å². The number of hydrogen-bond acceptors (Lipinski definition) is 2. The van der Waals surface area contributed by atoms with Crippen molar-refractivity contribution in [2.45, 2.75) is 66.2 Å². The number of allylic oxidation sites excluding steroid dienone is 4. The third-order valence-corrected chi connectivity index (χ3v) is 7.02. The molecule has 2 saturated carbocycles. The molecular weight excluding hydrogens is 272 g/mol. The zero-order valence-corrected chi connectivity index (χ0v) is 14.4. The Kier molecular flexibility index (Phi) is 3.78. The van der Waals surface area contributed by atoms with Crippen LogP contribution in [0.15, 0.2) is 23.3 Å². The number of carboxylic acid groups (broad SMARTS) is 1. The van der Waals surface area contributed by atoms with Crippen LogP contribution in [0, 0.1) is 28.6 Å². The molecule has 0 spiro atoms. The second-order valence-electron chi connectivity index (χ2n) is 8.52. The van der Waals surface area contributed by atoms with Gasteiger partial charge in [0.2, 0.25) is 0 Å². The minimum Gasteiger partial charge on any atom is -0.550 e. The van der Waals surface area contributed by atoms with Gasteiger partial charge >= 0.3 is 0 Å². The first-order valence-corrected chi connectivity index (χ1v) is 8.91. The Morgan fingerprint density at radius 1 is 1.32 bits per heavy atom. The summed E-state index contributed by atoms with van der Waals surface area (Å²) in [5.41, 5.74) is 2.52. The van der Waals surface area contributed by atoms with Gasteiger partial charge in [-0.2, -0.15) is 0 Å². The van der Waals surface area contributed by atoms with Gasteiger partial charge in [-0.3, -0.25) is 0 Å². The highest BCUT2D eigenvalue weighted by Crippen LogP contribution is 2.62. The molecule has 4 atom stereocenters. The van der Waals surface area contributed by atoms with Crippen molar-refractivity contribution in [3.05, 3.63) is 23.3 Å². The van der Waals surface area contributed by atoms with E-state index in [4.69, 9.17) is 0 Å². The number of hydrogen-bond donors (Lipinski definition) is 0. The number of carbonyl (C=O) groups is 1. The van der Waals surface area contributed by atoms with Gasteiger partial charge in [0.1, 0.15) is 0 Å². The predicted molar refractivity (Wildman–Crippen MR) is 86.9 cm³/mol. The molecule has 3 aliphatic rings. The van der Waals surface area contributed by atoms with E-state index in [0.717, 1.165) is 38.5 Å². The number of carbonyl (C=O) groups excluding carboxylic acids is 1. The van der Waals surface area contributed by atoms with Crippen LogP contribution < -0.4 is 5.11 Å². The maximum Gasteiger partial charge on any atom is 0.0476 e. The number of aliphatic carboxylic acids is 1. The van der Waals surface area contributed by atoms with E-state index in [1.807, 2.05) is 6.92 Å². The van der Waals surface area contributed by atoms with Crippen LogP contribution in [0.4, 0.5) is 0 Å². The predicted octanol–water partition coefficient (Wildman–Crippen LogP) is 3.87. The topological polar surface area (TPSA) is 40.1 Å². The Balaban J connectivity index is 1.95. The van der Waals surface area contributed by atoms with E-state index < -0.39 is 11.4 Å². The SMILES string of the molecule is CC(C)C1=CC[C@@H]2C(=C1)CC[C@H]1[C@]2(C)CCC[C@]1(C)C(=O)[O-]. The highest BCUT2D eigenvalue weighted by molar-refractivity contribution is 5.73. The standard InChI is InChI=1S/C20H30O2/c1-13(2)14-6-8-16-15(12-14)7-9-17-19(16,3)10-5-11-20(17,4)18(21)22/h6,12-13,16-17H,5,7-11H2,1-4H3,(H,21,22)/p-1/t16-,17+,19-,20+/m1/s1. The first-order chi connectivity index (χ1) is 10.3. The highest BCUT2D eigenvalue weighted by Gasteiger charge is 2.55. The summed E-state index contributed by atoms with van der Waals surface area (Å²) in [6.07, 6.45) is 11.0. The molecule has 0 bridgehead atoms. The molecule has 0 aromatic rings. The lowest BCUT2D eigenvalue weighted by atomic mass is 9.46. The third kappa shape index (κ3) is 2.18. The maximum absolute atomic E-state index is 11.8. The van der Waals surface area contributed by atoms with E-state index >= 15 is 0 Å². The van der Waals surface area contributed by atoms with Gasteiger partial charge in [-0.1, -0.05) is 51.8 Å². The molecule has 0 amide bonds. The summed E-state index contributed by atoms with van der Waals surface area (Å²) in [4.78, 5) is 11.8. The molecule has 0 aromatic carbocycles. The maximum atomic E-state index is 11.8. The molecule has 122 valence electrons. The van der Waals surface area contributed by atoms with Gasteiger partial charge in [0, 0.05) is 11.4 Å². The van der Waals surface area contributed by atoms with E-state index in [-0.39, 0.29) is 11.3 Å². The Morgan fingerprint density at radius 3 is 2.68 bits per heavy atom. The second-order valence-corrected chi connectivity index (χ2v) is 8.52. The zero-order valence-electron chi connectivity index (χ0n) is 14.4. The van der Waals surface area contributed by atoms with E-state index in [1.54, 1.807) is 5.57 Å². The lowest BCUT2D eigenvalue weighted by molar-refractivity contribution is -0.326. The Hall–Kier alpha value is -1.05. The second kappa shape index (κ2) is 5.25. The van der Waals surface area contributed by atoms with Crippen LogP contribution in [0.3, 0.4) is 0 Å². The fraction of sp³-hybridized carbons (Fsp3) is 0.750. The van der Waals surface area contributed by atoms with Gasteiger partial charge in [-0.05, 0) is 60.8 Å². The molecule has 2 nitrogen and oxygen atoms in total. The molecule has 0 aliphatic heterocycles. The first kappa shape index (κ1) is 15.8. The van der Waals surface area contributed by atoms with Crippen LogP contribution in [0.5, 0.6) is 0 Å². The van der Waals surface area contributed by atoms with Crippen molar-refractivity contribution < 1.29 is 9.90 Å². The summed E-state index contributed by atoms with van der Waals surface area (Å²) in [5, 5.41) is 11.8. The van der Waals surface area contributed by atoms with Crippen LogP contribution in [0.2, 0.25) is 0 Å². The number of fused-ring (bicyclic) bond motifs is 3. The van der Waals surface area contributed by atoms with Gasteiger partial charge in [0.15, 0.2) is 0 Å². The summed E-state index contributed by atoms with van der Waals surface area (Å²) in [6, 6.07) is 0. The van der Waals surface area contributed by atoms with Gasteiger partial charge in [-0.15, -0.1) is 0 Å². The summed E-state index contributed by atoms with van der Waals surface area (Å²) >= 11 is 0. The van der Waals surface area contributed by atoms with E-state index in [0.29, 0.717) is 11.8 Å². The van der Waals surface area contributed by atoms with Crippen molar-refractivity contribution in [3.8, 4) is 0 Å². The van der Waals surface area contributed by atoms with E-state index in [2.05, 4.69) is 32.9 Å². The van der Waals surface area contributed by atoms with Gasteiger partial charge in [-0.25, -0.2) is 0 Å². The average molecular weight is 301 g/mol. The molecule has 0 aromatic heterocycles. The normalized spacial score (nSPS) is 41.3. The van der Waals surface area contributed by atoms with Crippen molar-refractivity contribution in [1.29, 1.82) is 0 Å². The van der Waals surface area contributed by atoms with Crippen LogP contribution in [0.25, 0.3) is 0 Å². The molecule has 3 aliphatic carbocycles. The van der Waals surface area contributed by atoms with Crippen LogP contribution in [-0.2, 0) is 4.79 Å². The van der Waals surface area contributed by atoms with Crippen molar-refractivity contribution in [3.63, 3.8) is 0 Å². The summed E-state index contributed by atoms with van der Waals surface area (Å²) < 4.78 is 0. The fourth-order valence-corrected chi connectivity index (χ4v) is 5.65. The molecular formula is C20H29O2-. The van der Waals surface area contributed by atoms with Gasteiger partial charge < -0.3 is 9.90 Å². The van der Waals surface area contributed by atoms with Crippen LogP contribution in [0.1, 0.15) is 66.2 Å². The lowest BCUT2D eigenvalue weighted by Crippen LogP contribution is -2.56. The fourth-order valence-electron chi connectivity index (χ4n) is 5.65. The van der Waals surface area contributed by atoms with Crippen molar-refractivity contribution in [2.24, 2.45) is 28.6 Å². The molecule has 22 heavy (non-hydrogen) atoms.